The minimum atomic E-state index is -0.542. The van der Waals surface area contributed by atoms with Crippen molar-refractivity contribution in [3.05, 3.63) is 59.8 Å². The first-order chi connectivity index (χ1) is 12.5. The highest BCUT2D eigenvalue weighted by Gasteiger charge is 2.17. The molecule has 0 aliphatic carbocycles. The van der Waals surface area contributed by atoms with Gasteiger partial charge in [0.25, 0.3) is 0 Å². The monoisotopic (exact) mass is 355 g/mol. The summed E-state index contributed by atoms with van der Waals surface area (Å²) in [5.74, 6) is -0.425. The Morgan fingerprint density at radius 1 is 1.19 bits per heavy atom. The molecule has 2 N–H and O–H groups in total. The largest absolute Gasteiger partial charge is 0.321 e. The quantitative estimate of drug-likeness (QED) is 0.585. The first-order valence-corrected chi connectivity index (χ1v) is 7.95. The standard InChI is InChI=1S/C17H15F2N7/c1-9-5-15(25-24-9)22-16-12(19)7-14-17(23-16)26(8-21-14)10(2)13-6-11(18)3-4-20-13/h3-8,10H,1-2H3,(H2,22,23,24,25)/t10-/m0/s1. The molecule has 0 aliphatic rings. The van der Waals surface area contributed by atoms with E-state index in [2.05, 4.69) is 30.5 Å². The van der Waals surface area contributed by atoms with Crippen LogP contribution in [0.1, 0.15) is 24.4 Å². The molecule has 0 fully saturated rings. The molecule has 0 amide bonds. The Morgan fingerprint density at radius 3 is 2.77 bits per heavy atom. The van der Waals surface area contributed by atoms with Crippen LogP contribution in [-0.4, -0.2) is 29.7 Å². The van der Waals surface area contributed by atoms with Gasteiger partial charge in [-0.1, -0.05) is 0 Å². The highest BCUT2D eigenvalue weighted by molar-refractivity contribution is 5.74. The zero-order valence-electron chi connectivity index (χ0n) is 14.0. The number of imidazole rings is 1. The number of hydrogen-bond acceptors (Lipinski definition) is 5. The molecular weight excluding hydrogens is 340 g/mol. The maximum Gasteiger partial charge on any atom is 0.170 e. The minimum absolute atomic E-state index is 0.0325. The van der Waals surface area contributed by atoms with Crippen LogP contribution >= 0.6 is 0 Å². The van der Waals surface area contributed by atoms with Crippen LogP contribution in [0.2, 0.25) is 0 Å². The highest BCUT2D eigenvalue weighted by atomic mass is 19.1. The maximum atomic E-state index is 14.3. The number of nitrogens with zero attached hydrogens (tertiary/aromatic N) is 5. The van der Waals surface area contributed by atoms with Crippen LogP contribution in [0.4, 0.5) is 20.4 Å². The number of H-pyrrole nitrogens is 1. The van der Waals surface area contributed by atoms with E-state index in [-0.39, 0.29) is 17.7 Å². The molecule has 26 heavy (non-hydrogen) atoms. The van der Waals surface area contributed by atoms with Crippen molar-refractivity contribution in [2.24, 2.45) is 0 Å². The summed E-state index contributed by atoms with van der Waals surface area (Å²) in [7, 11) is 0. The van der Waals surface area contributed by atoms with E-state index in [9.17, 15) is 8.78 Å². The summed E-state index contributed by atoms with van der Waals surface area (Å²) < 4.78 is 29.5. The second-order valence-electron chi connectivity index (χ2n) is 5.95. The number of anilines is 2. The lowest BCUT2D eigenvalue weighted by atomic mass is 10.2. The molecule has 1 atom stereocenters. The summed E-state index contributed by atoms with van der Waals surface area (Å²) in [6, 6.07) is 5.35. The number of rotatable bonds is 4. The molecule has 0 unspecified atom stereocenters. The molecule has 9 heteroatoms. The van der Waals surface area contributed by atoms with Crippen LogP contribution in [0.3, 0.4) is 0 Å². The molecule has 4 heterocycles. The molecule has 0 aromatic carbocycles. The van der Waals surface area contributed by atoms with Gasteiger partial charge in [-0.05, 0) is 26.0 Å². The second kappa shape index (κ2) is 6.17. The average molecular weight is 355 g/mol. The van der Waals surface area contributed by atoms with Gasteiger partial charge in [-0.3, -0.25) is 10.1 Å². The van der Waals surface area contributed by atoms with Crippen molar-refractivity contribution in [1.82, 2.24) is 29.7 Å². The summed E-state index contributed by atoms with van der Waals surface area (Å²) in [5.41, 5.74) is 2.21. The zero-order chi connectivity index (χ0) is 18.3. The molecular formula is C17H15F2N7. The smallest absolute Gasteiger partial charge is 0.170 e. The van der Waals surface area contributed by atoms with Gasteiger partial charge in [0, 0.05) is 24.0 Å². The zero-order valence-corrected chi connectivity index (χ0v) is 14.0. The lowest BCUT2D eigenvalue weighted by Gasteiger charge is -2.14. The summed E-state index contributed by atoms with van der Waals surface area (Å²) in [4.78, 5) is 12.7. The van der Waals surface area contributed by atoms with Gasteiger partial charge in [0.15, 0.2) is 23.1 Å². The van der Waals surface area contributed by atoms with Crippen LogP contribution in [0.5, 0.6) is 0 Å². The molecule has 4 aromatic rings. The molecule has 0 saturated carbocycles. The topological polar surface area (TPSA) is 84.3 Å². The van der Waals surface area contributed by atoms with Gasteiger partial charge in [0.2, 0.25) is 0 Å². The number of halogens is 2. The SMILES string of the molecule is Cc1cc(Nc2nc3c(cc2F)ncn3[C@@H](C)c2cc(F)ccn2)n[nH]1. The van der Waals surface area contributed by atoms with Gasteiger partial charge in [0.1, 0.15) is 11.3 Å². The van der Waals surface area contributed by atoms with Crippen molar-refractivity contribution in [3.63, 3.8) is 0 Å². The second-order valence-corrected chi connectivity index (χ2v) is 5.95. The van der Waals surface area contributed by atoms with E-state index in [1.54, 1.807) is 10.6 Å². The lowest BCUT2D eigenvalue weighted by Crippen LogP contribution is -2.09. The summed E-state index contributed by atoms with van der Waals surface area (Å²) in [6.07, 6.45) is 2.94. The van der Waals surface area contributed by atoms with Gasteiger partial charge in [-0.2, -0.15) is 5.10 Å². The van der Waals surface area contributed by atoms with Crippen molar-refractivity contribution >= 4 is 22.8 Å². The van der Waals surface area contributed by atoms with Crippen LogP contribution in [0.25, 0.3) is 11.2 Å². The number of nitrogens with one attached hydrogen (secondary N) is 2. The Hall–Kier alpha value is -3.36. The predicted molar refractivity (Wildman–Crippen MR) is 92.1 cm³/mol. The van der Waals surface area contributed by atoms with Crippen LogP contribution in [0, 0.1) is 18.6 Å². The number of aryl methyl sites for hydroxylation is 1. The van der Waals surface area contributed by atoms with E-state index in [0.717, 1.165) is 5.69 Å². The van der Waals surface area contributed by atoms with Crippen LogP contribution < -0.4 is 5.32 Å². The summed E-state index contributed by atoms with van der Waals surface area (Å²) in [6.45, 7) is 3.69. The fourth-order valence-electron chi connectivity index (χ4n) is 2.70. The fraction of sp³-hybridized carbons (Fsp3) is 0.176. The Balaban J connectivity index is 1.75. The van der Waals surface area contributed by atoms with Crippen molar-refractivity contribution < 1.29 is 8.78 Å². The molecule has 0 saturated heterocycles. The van der Waals surface area contributed by atoms with E-state index in [1.165, 1.54) is 30.7 Å². The fourth-order valence-corrected chi connectivity index (χ4v) is 2.70. The van der Waals surface area contributed by atoms with Crippen molar-refractivity contribution in [1.29, 1.82) is 0 Å². The molecule has 132 valence electrons. The van der Waals surface area contributed by atoms with E-state index >= 15 is 0 Å². The molecule has 4 rings (SSSR count). The van der Waals surface area contributed by atoms with Crippen molar-refractivity contribution in [3.8, 4) is 0 Å². The summed E-state index contributed by atoms with van der Waals surface area (Å²) >= 11 is 0. The molecule has 0 radical (unpaired) electrons. The molecule has 0 bridgehead atoms. The van der Waals surface area contributed by atoms with Gasteiger partial charge in [-0.15, -0.1) is 0 Å². The third-order valence-corrected chi connectivity index (χ3v) is 4.04. The molecule has 4 aromatic heterocycles. The molecule has 7 nitrogen and oxygen atoms in total. The highest BCUT2D eigenvalue weighted by Crippen LogP contribution is 2.25. The van der Waals surface area contributed by atoms with E-state index in [0.29, 0.717) is 22.7 Å². The molecule has 0 aliphatic heterocycles. The van der Waals surface area contributed by atoms with E-state index < -0.39 is 5.82 Å². The Bertz CT molecular complexity index is 1090. The number of aromatic nitrogens is 6. The van der Waals surface area contributed by atoms with Crippen LogP contribution in [0.15, 0.2) is 36.8 Å². The van der Waals surface area contributed by atoms with Gasteiger partial charge >= 0.3 is 0 Å². The maximum absolute atomic E-state index is 14.3. The van der Waals surface area contributed by atoms with E-state index in [1.807, 2.05) is 13.8 Å². The number of fused-ring (bicyclic) bond motifs is 1. The van der Waals surface area contributed by atoms with Crippen LogP contribution in [-0.2, 0) is 0 Å². The first kappa shape index (κ1) is 16.1. The van der Waals surface area contributed by atoms with Gasteiger partial charge in [-0.25, -0.2) is 18.7 Å². The Morgan fingerprint density at radius 2 is 2.04 bits per heavy atom. The lowest BCUT2D eigenvalue weighted by molar-refractivity contribution is 0.595. The minimum Gasteiger partial charge on any atom is -0.321 e. The Kier molecular flexibility index (Phi) is 3.83. The third kappa shape index (κ3) is 2.87. The average Bonchev–Trinajstić information content (AvgIpc) is 3.20. The van der Waals surface area contributed by atoms with Crippen molar-refractivity contribution in [2.75, 3.05) is 5.32 Å². The Labute approximate surface area is 147 Å². The number of hydrogen-bond donors (Lipinski definition) is 2. The predicted octanol–water partition coefficient (Wildman–Crippen LogP) is 3.49. The van der Waals surface area contributed by atoms with E-state index in [4.69, 9.17) is 0 Å². The normalized spacial score (nSPS) is 12.5. The summed E-state index contributed by atoms with van der Waals surface area (Å²) in [5, 5.41) is 9.64. The molecule has 0 spiro atoms. The number of aromatic amines is 1. The number of pyridine rings is 2. The third-order valence-electron chi connectivity index (χ3n) is 4.04. The van der Waals surface area contributed by atoms with Gasteiger partial charge < -0.3 is 9.88 Å². The first-order valence-electron chi connectivity index (χ1n) is 7.95. The van der Waals surface area contributed by atoms with Gasteiger partial charge in [0.05, 0.1) is 18.1 Å². The van der Waals surface area contributed by atoms with Crippen molar-refractivity contribution in [2.45, 2.75) is 19.9 Å².